The summed E-state index contributed by atoms with van der Waals surface area (Å²) < 4.78 is 13.8. The van der Waals surface area contributed by atoms with Gasteiger partial charge in [-0.25, -0.2) is 4.39 Å². The number of para-hydroxylation sites is 1. The average molecular weight is 369 g/mol. The van der Waals surface area contributed by atoms with Gasteiger partial charge < -0.3 is 5.11 Å². The fraction of sp³-hybridized carbons (Fsp3) is 0.520. The third-order valence-electron chi connectivity index (χ3n) is 5.95. The number of phenols is 1. The van der Waals surface area contributed by atoms with E-state index in [0.717, 1.165) is 36.0 Å². The van der Waals surface area contributed by atoms with Crippen molar-refractivity contribution >= 4 is 0 Å². The van der Waals surface area contributed by atoms with Gasteiger partial charge in [0.1, 0.15) is 11.9 Å². The quantitative estimate of drug-likeness (QED) is 0.476. The van der Waals surface area contributed by atoms with Crippen LogP contribution in [0.1, 0.15) is 81.8 Å². The van der Waals surface area contributed by atoms with Crippen LogP contribution in [-0.2, 0) is 6.42 Å². The number of halogens is 1. The van der Waals surface area contributed by atoms with Crippen LogP contribution in [0.25, 0.3) is 11.1 Å². The molecule has 1 fully saturated rings. The molecule has 0 saturated heterocycles. The summed E-state index contributed by atoms with van der Waals surface area (Å²) in [5.41, 5.74) is 4.17. The molecule has 0 radical (unpaired) electrons. The maximum atomic E-state index is 13.8. The maximum Gasteiger partial charge on any atom is 0.126 e. The summed E-state index contributed by atoms with van der Waals surface area (Å²) in [7, 11) is 0. The van der Waals surface area contributed by atoms with E-state index in [4.69, 9.17) is 0 Å². The topological polar surface area (TPSA) is 20.2 Å². The molecular formula is C25H33FO. The first-order chi connectivity index (χ1) is 13.2. The molecule has 1 aliphatic carbocycles. The van der Waals surface area contributed by atoms with E-state index in [2.05, 4.69) is 31.2 Å². The first-order valence-corrected chi connectivity index (χ1v) is 10.7. The molecule has 146 valence electrons. The second-order valence-electron chi connectivity index (χ2n) is 8.07. The summed E-state index contributed by atoms with van der Waals surface area (Å²) >= 11 is 0. The fourth-order valence-electron chi connectivity index (χ4n) is 4.32. The fourth-order valence-corrected chi connectivity index (χ4v) is 4.32. The van der Waals surface area contributed by atoms with Crippen LogP contribution in [0, 0.1) is 0 Å². The number of aryl methyl sites for hydroxylation is 1. The van der Waals surface area contributed by atoms with E-state index in [1.54, 1.807) is 0 Å². The molecule has 0 aromatic heterocycles. The van der Waals surface area contributed by atoms with Gasteiger partial charge in [-0.3, -0.25) is 0 Å². The second kappa shape index (κ2) is 9.92. The zero-order chi connectivity index (χ0) is 19.1. The zero-order valence-electron chi connectivity index (χ0n) is 16.6. The van der Waals surface area contributed by atoms with Crippen LogP contribution >= 0.6 is 0 Å². The molecule has 0 heterocycles. The Morgan fingerprint density at radius 3 is 2.48 bits per heavy atom. The number of rotatable bonds is 8. The Kier molecular flexibility index (Phi) is 7.32. The van der Waals surface area contributed by atoms with Crippen LogP contribution in [0.4, 0.5) is 4.39 Å². The van der Waals surface area contributed by atoms with E-state index in [1.165, 1.54) is 37.7 Å². The zero-order valence-corrected chi connectivity index (χ0v) is 16.6. The molecule has 3 rings (SSSR count). The van der Waals surface area contributed by atoms with Gasteiger partial charge in [0.05, 0.1) is 0 Å². The van der Waals surface area contributed by atoms with E-state index in [0.29, 0.717) is 18.6 Å². The molecule has 0 bridgehead atoms. The van der Waals surface area contributed by atoms with Gasteiger partial charge in [-0.05, 0) is 61.1 Å². The van der Waals surface area contributed by atoms with Crippen molar-refractivity contribution in [1.29, 1.82) is 0 Å². The highest BCUT2D eigenvalue weighted by atomic mass is 19.1. The minimum Gasteiger partial charge on any atom is -0.507 e. The molecule has 2 heteroatoms. The smallest absolute Gasteiger partial charge is 0.126 e. The Balaban J connectivity index is 1.68. The number of phenolic OH excluding ortho intramolecular Hbond substituents is 1. The molecule has 27 heavy (non-hydrogen) atoms. The predicted octanol–water partition coefficient (Wildman–Crippen LogP) is 7.57. The summed E-state index contributed by atoms with van der Waals surface area (Å²) in [5, 5.41) is 10.9. The van der Waals surface area contributed by atoms with Crippen LogP contribution in [0.3, 0.4) is 0 Å². The standard InChI is InChI=1S/C25H33FO/c1-2-3-4-5-6-9-19-14-16-20(17-15-19)23-12-8-13-24(25(23)27)21-10-7-11-22(26)18-21/h8,12-17,21-22,27H,2-7,9-11,18H2,1H3. The van der Waals surface area contributed by atoms with Crippen molar-refractivity contribution < 1.29 is 9.50 Å². The molecule has 2 atom stereocenters. The Morgan fingerprint density at radius 1 is 0.963 bits per heavy atom. The van der Waals surface area contributed by atoms with Crippen molar-refractivity contribution in [1.82, 2.24) is 0 Å². The Morgan fingerprint density at radius 2 is 1.74 bits per heavy atom. The molecule has 1 N–H and O–H groups in total. The number of aromatic hydroxyl groups is 1. The summed E-state index contributed by atoms with van der Waals surface area (Å²) in [6, 6.07) is 14.5. The number of unbranched alkanes of at least 4 members (excludes halogenated alkanes) is 4. The minimum absolute atomic E-state index is 0.135. The third kappa shape index (κ3) is 5.34. The summed E-state index contributed by atoms with van der Waals surface area (Å²) in [5.74, 6) is 0.472. The van der Waals surface area contributed by atoms with E-state index in [-0.39, 0.29) is 5.92 Å². The lowest BCUT2D eigenvalue weighted by Crippen LogP contribution is -2.14. The van der Waals surface area contributed by atoms with Gasteiger partial charge in [0.2, 0.25) is 0 Å². The lowest BCUT2D eigenvalue weighted by molar-refractivity contribution is 0.230. The van der Waals surface area contributed by atoms with Gasteiger partial charge >= 0.3 is 0 Å². The van der Waals surface area contributed by atoms with Gasteiger partial charge in [-0.1, -0.05) is 75.1 Å². The predicted molar refractivity (Wildman–Crippen MR) is 112 cm³/mol. The van der Waals surface area contributed by atoms with Crippen molar-refractivity contribution in [3.8, 4) is 16.9 Å². The van der Waals surface area contributed by atoms with Gasteiger partial charge in [0.15, 0.2) is 0 Å². The van der Waals surface area contributed by atoms with Crippen LogP contribution in [-0.4, -0.2) is 11.3 Å². The lowest BCUT2D eigenvalue weighted by atomic mass is 9.81. The molecule has 0 aliphatic heterocycles. The first-order valence-electron chi connectivity index (χ1n) is 10.7. The molecule has 2 aromatic rings. The molecule has 1 saturated carbocycles. The van der Waals surface area contributed by atoms with Gasteiger partial charge in [0, 0.05) is 5.56 Å². The third-order valence-corrected chi connectivity index (χ3v) is 5.95. The highest BCUT2D eigenvalue weighted by molar-refractivity contribution is 5.72. The van der Waals surface area contributed by atoms with E-state index in [9.17, 15) is 9.50 Å². The van der Waals surface area contributed by atoms with Crippen molar-refractivity contribution in [2.45, 2.75) is 83.2 Å². The molecule has 1 nitrogen and oxygen atoms in total. The number of hydrogen-bond acceptors (Lipinski definition) is 1. The highest BCUT2D eigenvalue weighted by Gasteiger charge is 2.25. The van der Waals surface area contributed by atoms with E-state index < -0.39 is 6.17 Å². The molecule has 0 spiro atoms. The van der Waals surface area contributed by atoms with Crippen LogP contribution in [0.15, 0.2) is 42.5 Å². The number of benzene rings is 2. The SMILES string of the molecule is CCCCCCCc1ccc(-c2cccc(C3CCCC(F)C3)c2O)cc1. The highest BCUT2D eigenvalue weighted by Crippen LogP contribution is 2.42. The molecule has 2 unspecified atom stereocenters. The minimum atomic E-state index is -0.733. The van der Waals surface area contributed by atoms with E-state index in [1.807, 2.05) is 18.2 Å². The number of hydrogen-bond donors (Lipinski definition) is 1. The number of alkyl halides is 1. The van der Waals surface area contributed by atoms with Gasteiger partial charge in [0.25, 0.3) is 0 Å². The Labute approximate surface area is 163 Å². The second-order valence-corrected chi connectivity index (χ2v) is 8.07. The normalized spacial score (nSPS) is 19.9. The van der Waals surface area contributed by atoms with Crippen LogP contribution < -0.4 is 0 Å². The maximum absolute atomic E-state index is 13.8. The van der Waals surface area contributed by atoms with Crippen molar-refractivity contribution in [2.24, 2.45) is 0 Å². The summed E-state index contributed by atoms with van der Waals surface area (Å²) in [4.78, 5) is 0. The Hall–Kier alpha value is -1.83. The molecular weight excluding hydrogens is 335 g/mol. The van der Waals surface area contributed by atoms with Crippen LogP contribution in [0.5, 0.6) is 5.75 Å². The molecule has 0 amide bonds. The largest absolute Gasteiger partial charge is 0.507 e. The monoisotopic (exact) mass is 368 g/mol. The van der Waals surface area contributed by atoms with Crippen LogP contribution in [0.2, 0.25) is 0 Å². The van der Waals surface area contributed by atoms with E-state index >= 15 is 0 Å². The summed E-state index contributed by atoms with van der Waals surface area (Å²) in [6.07, 6.45) is 9.95. The molecule has 1 aliphatic rings. The average Bonchev–Trinajstić information content (AvgIpc) is 2.69. The van der Waals surface area contributed by atoms with Gasteiger partial charge in [-0.2, -0.15) is 0 Å². The molecule has 2 aromatic carbocycles. The first kappa shape index (κ1) is 19.9. The Bertz CT molecular complexity index is 707. The van der Waals surface area contributed by atoms with Gasteiger partial charge in [-0.15, -0.1) is 0 Å². The lowest BCUT2D eigenvalue weighted by Gasteiger charge is -2.26. The van der Waals surface area contributed by atoms with Crippen molar-refractivity contribution in [3.63, 3.8) is 0 Å². The van der Waals surface area contributed by atoms with Crippen molar-refractivity contribution in [2.75, 3.05) is 0 Å². The summed E-state index contributed by atoms with van der Waals surface area (Å²) in [6.45, 7) is 2.24. The van der Waals surface area contributed by atoms with Crippen molar-refractivity contribution in [3.05, 3.63) is 53.6 Å².